The van der Waals surface area contributed by atoms with Gasteiger partial charge in [0.1, 0.15) is 0 Å². The van der Waals surface area contributed by atoms with Crippen molar-refractivity contribution >= 4 is 23.4 Å². The first-order valence-corrected chi connectivity index (χ1v) is 8.95. The number of hydrogen-bond donors (Lipinski definition) is 0. The number of aryl methyl sites for hydroxylation is 2. The predicted octanol–water partition coefficient (Wildman–Crippen LogP) is 2.68. The Morgan fingerprint density at radius 2 is 1.96 bits per heavy atom. The molecule has 1 aromatic heterocycles. The van der Waals surface area contributed by atoms with Crippen LogP contribution in [0.4, 0.5) is 5.69 Å². The van der Waals surface area contributed by atoms with Gasteiger partial charge in [-0.25, -0.2) is 4.98 Å². The molecule has 0 unspecified atom stereocenters. The maximum Gasteiger partial charge on any atom is 0.237 e. The van der Waals surface area contributed by atoms with E-state index in [0.29, 0.717) is 10.9 Å². The number of anilines is 1. The lowest BCUT2D eigenvalue weighted by Crippen LogP contribution is -2.30. The Balaban J connectivity index is 1.66. The van der Waals surface area contributed by atoms with Crippen LogP contribution >= 0.6 is 11.8 Å². The second kappa shape index (κ2) is 7.08. The first-order chi connectivity index (χ1) is 11.2. The van der Waals surface area contributed by atoms with Crippen molar-refractivity contribution < 1.29 is 4.79 Å². The van der Waals surface area contributed by atoms with Crippen molar-refractivity contribution in [1.82, 2.24) is 15.2 Å². The number of carbonyl (C=O) groups excluding carboxylic acids is 1. The zero-order valence-corrected chi connectivity index (χ0v) is 14.3. The number of carbonyl (C=O) groups is 1. The topological polar surface area (TPSA) is 59.0 Å². The number of thioether (sulfide) groups is 1. The Morgan fingerprint density at radius 3 is 2.74 bits per heavy atom. The van der Waals surface area contributed by atoms with Crippen molar-refractivity contribution in [2.75, 3.05) is 17.2 Å². The summed E-state index contributed by atoms with van der Waals surface area (Å²) in [4.78, 5) is 18.9. The summed E-state index contributed by atoms with van der Waals surface area (Å²) in [5, 5.41) is 8.94. The molecule has 120 valence electrons. The minimum absolute atomic E-state index is 0.0983. The summed E-state index contributed by atoms with van der Waals surface area (Å²) in [5.74, 6) is 0.436. The van der Waals surface area contributed by atoms with E-state index in [1.807, 2.05) is 30.0 Å². The molecule has 0 bridgehead atoms. The third-order valence-corrected chi connectivity index (χ3v) is 4.83. The van der Waals surface area contributed by atoms with Crippen LogP contribution in [0.25, 0.3) is 0 Å². The molecule has 0 radical (unpaired) electrons. The van der Waals surface area contributed by atoms with Gasteiger partial charge in [-0.1, -0.05) is 43.8 Å². The molecule has 2 heterocycles. The predicted molar refractivity (Wildman–Crippen MR) is 91.8 cm³/mol. The van der Waals surface area contributed by atoms with Gasteiger partial charge >= 0.3 is 0 Å². The van der Waals surface area contributed by atoms with E-state index in [1.54, 1.807) is 0 Å². The van der Waals surface area contributed by atoms with Crippen LogP contribution in [0, 0.1) is 0 Å². The second-order valence-corrected chi connectivity index (χ2v) is 6.35. The zero-order chi connectivity index (χ0) is 16.2. The summed E-state index contributed by atoms with van der Waals surface area (Å²) in [6, 6.07) is 8.08. The van der Waals surface area contributed by atoms with E-state index in [-0.39, 0.29) is 5.91 Å². The van der Waals surface area contributed by atoms with Gasteiger partial charge in [0.25, 0.3) is 0 Å². The van der Waals surface area contributed by atoms with Gasteiger partial charge < -0.3 is 4.90 Å². The van der Waals surface area contributed by atoms with E-state index in [0.717, 1.165) is 42.9 Å². The van der Waals surface area contributed by atoms with Gasteiger partial charge in [0.15, 0.2) is 0 Å². The number of amides is 1. The third-order valence-electron chi connectivity index (χ3n) is 4.00. The number of para-hydroxylation sites is 1. The Bertz CT molecular complexity index is 719. The van der Waals surface area contributed by atoms with Crippen LogP contribution in [-0.2, 0) is 24.1 Å². The van der Waals surface area contributed by atoms with Crippen LogP contribution in [0.1, 0.15) is 30.8 Å². The van der Waals surface area contributed by atoms with E-state index in [9.17, 15) is 4.79 Å². The van der Waals surface area contributed by atoms with Crippen LogP contribution in [0.15, 0.2) is 29.4 Å². The SMILES string of the molecule is CCc1nnc(SCC(=O)N2CCc3ccccc32)nc1CC. The number of aromatic nitrogens is 3. The summed E-state index contributed by atoms with van der Waals surface area (Å²) >= 11 is 1.36. The fraction of sp³-hybridized carbons (Fsp3) is 0.412. The first kappa shape index (κ1) is 15.9. The first-order valence-electron chi connectivity index (χ1n) is 7.96. The standard InChI is InChI=1S/C17H20N4OS/c1-3-13-14(4-2)19-20-17(18-13)23-11-16(22)21-10-9-12-7-5-6-8-15(12)21/h5-8H,3-4,9-11H2,1-2H3. The highest BCUT2D eigenvalue weighted by atomic mass is 32.2. The average molecular weight is 328 g/mol. The van der Waals surface area contributed by atoms with Crippen LogP contribution in [-0.4, -0.2) is 33.4 Å². The Hall–Kier alpha value is -1.95. The molecule has 0 atom stereocenters. The van der Waals surface area contributed by atoms with Gasteiger partial charge in [0.2, 0.25) is 11.1 Å². The molecule has 1 aliphatic rings. The maximum atomic E-state index is 12.5. The van der Waals surface area contributed by atoms with E-state index >= 15 is 0 Å². The summed E-state index contributed by atoms with van der Waals surface area (Å²) in [6.45, 7) is 4.86. The van der Waals surface area contributed by atoms with Crippen LogP contribution in [0.3, 0.4) is 0 Å². The number of benzene rings is 1. The number of rotatable bonds is 5. The summed E-state index contributed by atoms with van der Waals surface area (Å²) in [7, 11) is 0. The Labute approximate surface area is 140 Å². The van der Waals surface area contributed by atoms with E-state index in [2.05, 4.69) is 28.2 Å². The summed E-state index contributed by atoms with van der Waals surface area (Å²) in [5.41, 5.74) is 4.19. The van der Waals surface area contributed by atoms with Gasteiger partial charge in [0, 0.05) is 12.2 Å². The van der Waals surface area contributed by atoms with Crippen LogP contribution in [0.5, 0.6) is 0 Å². The lowest BCUT2D eigenvalue weighted by Gasteiger charge is -2.16. The van der Waals surface area contributed by atoms with Gasteiger partial charge in [0.05, 0.1) is 17.1 Å². The molecule has 0 spiro atoms. The molecule has 6 heteroatoms. The summed E-state index contributed by atoms with van der Waals surface area (Å²) < 4.78 is 0. The minimum atomic E-state index is 0.0983. The van der Waals surface area contributed by atoms with Crippen molar-refractivity contribution in [3.63, 3.8) is 0 Å². The van der Waals surface area contributed by atoms with Gasteiger partial charge in [-0.3, -0.25) is 4.79 Å². The van der Waals surface area contributed by atoms with Crippen molar-refractivity contribution in [2.45, 2.75) is 38.3 Å². The number of hydrogen-bond acceptors (Lipinski definition) is 5. The number of nitrogens with zero attached hydrogens (tertiary/aromatic N) is 4. The molecule has 1 amide bonds. The molecule has 3 rings (SSSR count). The average Bonchev–Trinajstić information content (AvgIpc) is 3.03. The zero-order valence-electron chi connectivity index (χ0n) is 13.5. The van der Waals surface area contributed by atoms with Gasteiger partial charge in [-0.05, 0) is 30.9 Å². The highest BCUT2D eigenvalue weighted by Crippen LogP contribution is 2.28. The van der Waals surface area contributed by atoms with Gasteiger partial charge in [-0.2, -0.15) is 5.10 Å². The molecule has 0 aliphatic carbocycles. The molecule has 0 saturated carbocycles. The highest BCUT2D eigenvalue weighted by molar-refractivity contribution is 7.99. The molecule has 23 heavy (non-hydrogen) atoms. The van der Waals surface area contributed by atoms with Crippen molar-refractivity contribution in [3.05, 3.63) is 41.2 Å². The monoisotopic (exact) mass is 328 g/mol. The van der Waals surface area contributed by atoms with Crippen molar-refractivity contribution in [3.8, 4) is 0 Å². The number of fused-ring (bicyclic) bond motifs is 1. The fourth-order valence-electron chi connectivity index (χ4n) is 2.78. The smallest absolute Gasteiger partial charge is 0.237 e. The van der Waals surface area contributed by atoms with E-state index in [4.69, 9.17) is 0 Å². The van der Waals surface area contributed by atoms with Gasteiger partial charge in [-0.15, -0.1) is 5.10 Å². The maximum absolute atomic E-state index is 12.5. The van der Waals surface area contributed by atoms with Crippen molar-refractivity contribution in [2.24, 2.45) is 0 Å². The minimum Gasteiger partial charge on any atom is -0.311 e. The Kier molecular flexibility index (Phi) is 4.91. The normalized spacial score (nSPS) is 13.2. The highest BCUT2D eigenvalue weighted by Gasteiger charge is 2.24. The second-order valence-electron chi connectivity index (χ2n) is 5.41. The molecule has 0 saturated heterocycles. The summed E-state index contributed by atoms with van der Waals surface area (Å²) in [6.07, 6.45) is 2.59. The molecular weight excluding hydrogens is 308 g/mol. The lowest BCUT2D eigenvalue weighted by atomic mass is 10.2. The molecular formula is C17H20N4OS. The molecule has 2 aromatic rings. The van der Waals surface area contributed by atoms with Crippen molar-refractivity contribution in [1.29, 1.82) is 0 Å². The molecule has 1 aromatic carbocycles. The molecule has 5 nitrogen and oxygen atoms in total. The van der Waals surface area contributed by atoms with E-state index < -0.39 is 0 Å². The quantitative estimate of drug-likeness (QED) is 0.790. The third kappa shape index (κ3) is 3.37. The lowest BCUT2D eigenvalue weighted by molar-refractivity contribution is -0.116. The van der Waals surface area contributed by atoms with E-state index in [1.165, 1.54) is 17.3 Å². The molecule has 0 fully saturated rings. The fourth-order valence-corrected chi connectivity index (χ4v) is 3.47. The molecule has 0 N–H and O–H groups in total. The largest absolute Gasteiger partial charge is 0.311 e. The van der Waals surface area contributed by atoms with Crippen LogP contribution in [0.2, 0.25) is 0 Å². The van der Waals surface area contributed by atoms with Crippen LogP contribution < -0.4 is 4.90 Å². The Morgan fingerprint density at radius 1 is 1.17 bits per heavy atom. The molecule has 1 aliphatic heterocycles.